The van der Waals surface area contributed by atoms with Crippen molar-refractivity contribution in [2.75, 3.05) is 7.11 Å². The minimum Gasteiger partial charge on any atom is -0.493 e. The number of rotatable bonds is 6. The van der Waals surface area contributed by atoms with E-state index in [0.717, 1.165) is 45.4 Å². The van der Waals surface area contributed by atoms with Gasteiger partial charge in [-0.1, -0.05) is 28.1 Å². The van der Waals surface area contributed by atoms with E-state index in [9.17, 15) is 5.26 Å². The highest BCUT2D eigenvalue weighted by Crippen LogP contribution is 2.39. The molecule has 0 radical (unpaired) electrons. The minimum absolute atomic E-state index is 0.462. The van der Waals surface area contributed by atoms with E-state index in [1.54, 1.807) is 24.7 Å². The number of methoxy groups -OCH3 is 1. The molecular formula is C24H21BrN2O2S. The zero-order valence-corrected chi connectivity index (χ0v) is 19.1. The summed E-state index contributed by atoms with van der Waals surface area (Å²) in [6, 6.07) is 16.1. The number of thiophene rings is 1. The molecule has 30 heavy (non-hydrogen) atoms. The topological polar surface area (TPSA) is 54.6 Å². The molecule has 152 valence electrons. The molecule has 3 aromatic rings. The Balaban J connectivity index is 1.51. The van der Waals surface area contributed by atoms with Crippen molar-refractivity contribution in [3.63, 3.8) is 0 Å². The number of benzene rings is 2. The Morgan fingerprint density at radius 1 is 1.13 bits per heavy atom. The van der Waals surface area contributed by atoms with E-state index in [2.05, 4.69) is 27.0 Å². The predicted octanol–water partition coefficient (Wildman–Crippen LogP) is 6.60. The molecule has 0 unspecified atom stereocenters. The maximum absolute atomic E-state index is 9.59. The summed E-state index contributed by atoms with van der Waals surface area (Å²) in [6.07, 6.45) is 6.19. The Labute approximate surface area is 188 Å². The molecule has 0 aliphatic heterocycles. The summed E-state index contributed by atoms with van der Waals surface area (Å²) >= 11 is 5.08. The van der Waals surface area contributed by atoms with Crippen molar-refractivity contribution in [2.45, 2.75) is 32.3 Å². The van der Waals surface area contributed by atoms with Gasteiger partial charge in [-0.05, 0) is 72.7 Å². The Hall–Kier alpha value is -2.62. The third kappa shape index (κ3) is 4.58. The standard InChI is InChI=1S/C24H21BrN2O2S/c1-28-22-12-17(8-11-21(22)29-15-16-6-9-18(25)10-7-16)14-27-24-20(13-26)19-4-2-3-5-23(19)30-24/h6-12,14H,2-5,15H2,1H3. The largest absolute Gasteiger partial charge is 0.493 e. The second kappa shape index (κ2) is 9.46. The number of nitrogens with zero attached hydrogens (tertiary/aromatic N) is 2. The van der Waals surface area contributed by atoms with Gasteiger partial charge in [-0.25, -0.2) is 4.99 Å². The first kappa shape index (κ1) is 20.6. The van der Waals surface area contributed by atoms with Crippen LogP contribution in [0.5, 0.6) is 11.5 Å². The van der Waals surface area contributed by atoms with E-state index in [4.69, 9.17) is 9.47 Å². The number of aliphatic imine (C=N–C) groups is 1. The number of fused-ring (bicyclic) bond motifs is 1. The average Bonchev–Trinajstić information content (AvgIpc) is 3.15. The van der Waals surface area contributed by atoms with Crippen LogP contribution in [-0.4, -0.2) is 13.3 Å². The summed E-state index contributed by atoms with van der Waals surface area (Å²) in [5.41, 5.74) is 3.93. The highest BCUT2D eigenvalue weighted by molar-refractivity contribution is 9.10. The van der Waals surface area contributed by atoms with Gasteiger partial charge in [0.1, 0.15) is 17.7 Å². The molecule has 0 atom stereocenters. The van der Waals surface area contributed by atoms with Crippen molar-refractivity contribution in [2.24, 2.45) is 4.99 Å². The summed E-state index contributed by atoms with van der Waals surface area (Å²) in [7, 11) is 1.63. The lowest BCUT2D eigenvalue weighted by Gasteiger charge is -2.11. The van der Waals surface area contributed by atoms with Gasteiger partial charge in [-0.15, -0.1) is 11.3 Å². The van der Waals surface area contributed by atoms with Crippen LogP contribution in [0.25, 0.3) is 0 Å². The van der Waals surface area contributed by atoms with Gasteiger partial charge in [0.2, 0.25) is 0 Å². The number of nitriles is 1. The molecule has 1 aliphatic carbocycles. The van der Waals surface area contributed by atoms with Gasteiger partial charge in [0.15, 0.2) is 11.5 Å². The first-order valence-electron chi connectivity index (χ1n) is 9.82. The number of hydrogen-bond donors (Lipinski definition) is 0. The molecule has 0 amide bonds. The third-order valence-corrected chi connectivity index (χ3v) is 6.82. The van der Waals surface area contributed by atoms with E-state index in [1.807, 2.05) is 42.5 Å². The number of hydrogen-bond acceptors (Lipinski definition) is 5. The normalized spacial score (nSPS) is 13.1. The van der Waals surface area contributed by atoms with Crippen LogP contribution in [0.15, 0.2) is 51.9 Å². The van der Waals surface area contributed by atoms with Crippen LogP contribution in [0, 0.1) is 11.3 Å². The van der Waals surface area contributed by atoms with E-state index in [1.165, 1.54) is 16.9 Å². The smallest absolute Gasteiger partial charge is 0.161 e. The molecule has 1 aliphatic rings. The van der Waals surface area contributed by atoms with Gasteiger partial charge in [0.05, 0.1) is 12.7 Å². The first-order valence-corrected chi connectivity index (χ1v) is 11.4. The molecule has 1 heterocycles. The summed E-state index contributed by atoms with van der Waals surface area (Å²) in [4.78, 5) is 5.95. The molecule has 0 saturated carbocycles. The fraction of sp³-hybridized carbons (Fsp3) is 0.250. The van der Waals surface area contributed by atoms with E-state index in [0.29, 0.717) is 18.1 Å². The van der Waals surface area contributed by atoms with Gasteiger partial charge < -0.3 is 9.47 Å². The summed E-state index contributed by atoms with van der Waals surface area (Å²) < 4.78 is 12.5. The molecule has 0 N–H and O–H groups in total. The molecule has 0 saturated heterocycles. The van der Waals surface area contributed by atoms with Crippen molar-refractivity contribution < 1.29 is 9.47 Å². The van der Waals surface area contributed by atoms with Crippen molar-refractivity contribution in [1.82, 2.24) is 0 Å². The Morgan fingerprint density at radius 3 is 2.70 bits per heavy atom. The number of ether oxygens (including phenoxy) is 2. The van der Waals surface area contributed by atoms with Crippen molar-refractivity contribution in [3.8, 4) is 17.6 Å². The second-order valence-corrected chi connectivity index (χ2v) is 9.09. The Morgan fingerprint density at radius 2 is 1.93 bits per heavy atom. The molecule has 6 heteroatoms. The van der Waals surface area contributed by atoms with Crippen molar-refractivity contribution in [3.05, 3.63) is 74.1 Å². The second-order valence-electron chi connectivity index (χ2n) is 7.09. The lowest BCUT2D eigenvalue weighted by Crippen LogP contribution is -1.99. The molecular weight excluding hydrogens is 460 g/mol. The first-order chi connectivity index (χ1) is 14.7. The van der Waals surface area contributed by atoms with Crippen LogP contribution in [-0.2, 0) is 19.4 Å². The molecule has 2 aromatic carbocycles. The van der Waals surface area contributed by atoms with Crippen LogP contribution in [0.3, 0.4) is 0 Å². The average molecular weight is 481 g/mol. The van der Waals surface area contributed by atoms with Gasteiger partial charge in [0, 0.05) is 15.6 Å². The fourth-order valence-corrected chi connectivity index (χ4v) is 4.96. The van der Waals surface area contributed by atoms with Crippen LogP contribution in [0.2, 0.25) is 0 Å². The minimum atomic E-state index is 0.462. The van der Waals surface area contributed by atoms with Crippen molar-refractivity contribution in [1.29, 1.82) is 5.26 Å². The van der Waals surface area contributed by atoms with Gasteiger partial charge >= 0.3 is 0 Å². The SMILES string of the molecule is COc1cc(C=Nc2sc3c(c2C#N)CCCC3)ccc1OCc1ccc(Br)cc1. The third-order valence-electron chi connectivity index (χ3n) is 5.09. The molecule has 0 bridgehead atoms. The number of aryl methyl sites for hydroxylation is 1. The van der Waals surface area contributed by atoms with Gasteiger partial charge in [-0.3, -0.25) is 0 Å². The Bertz CT molecular complexity index is 1110. The van der Waals surface area contributed by atoms with Crippen LogP contribution < -0.4 is 9.47 Å². The van der Waals surface area contributed by atoms with Crippen LogP contribution in [0.1, 0.15) is 40.0 Å². The summed E-state index contributed by atoms with van der Waals surface area (Å²) in [6.45, 7) is 0.462. The predicted molar refractivity (Wildman–Crippen MR) is 124 cm³/mol. The molecule has 1 aromatic heterocycles. The molecule has 0 spiro atoms. The monoisotopic (exact) mass is 480 g/mol. The van der Waals surface area contributed by atoms with E-state index < -0.39 is 0 Å². The quantitative estimate of drug-likeness (QED) is 0.373. The maximum Gasteiger partial charge on any atom is 0.161 e. The highest BCUT2D eigenvalue weighted by atomic mass is 79.9. The van der Waals surface area contributed by atoms with Crippen LogP contribution >= 0.6 is 27.3 Å². The Kier molecular flexibility index (Phi) is 6.51. The number of halogens is 1. The molecule has 0 fully saturated rings. The van der Waals surface area contributed by atoms with E-state index in [-0.39, 0.29) is 0 Å². The zero-order chi connectivity index (χ0) is 20.9. The fourth-order valence-electron chi connectivity index (χ4n) is 3.52. The molecule has 4 nitrogen and oxygen atoms in total. The van der Waals surface area contributed by atoms with Gasteiger partial charge in [-0.2, -0.15) is 5.26 Å². The lowest BCUT2D eigenvalue weighted by molar-refractivity contribution is 0.284. The summed E-state index contributed by atoms with van der Waals surface area (Å²) in [5.74, 6) is 1.34. The summed E-state index contributed by atoms with van der Waals surface area (Å²) in [5, 5.41) is 10.4. The van der Waals surface area contributed by atoms with Gasteiger partial charge in [0.25, 0.3) is 0 Å². The van der Waals surface area contributed by atoms with Crippen LogP contribution in [0.4, 0.5) is 5.00 Å². The maximum atomic E-state index is 9.59. The zero-order valence-electron chi connectivity index (χ0n) is 16.7. The lowest BCUT2D eigenvalue weighted by atomic mass is 9.96. The molecule has 4 rings (SSSR count). The van der Waals surface area contributed by atoms with Crippen molar-refractivity contribution >= 4 is 38.5 Å². The highest BCUT2D eigenvalue weighted by Gasteiger charge is 2.20. The van der Waals surface area contributed by atoms with E-state index >= 15 is 0 Å².